The van der Waals surface area contributed by atoms with Crippen LogP contribution in [0, 0.1) is 16.7 Å². The molecule has 1 fully saturated rings. The number of carbonyl (C=O) groups excluding carboxylic acids is 1. The Hall–Kier alpha value is -3.13. The fourth-order valence-corrected chi connectivity index (χ4v) is 4.70. The van der Waals surface area contributed by atoms with Crippen LogP contribution in [0.2, 0.25) is 0 Å². The number of hydrogen-bond donors (Lipinski definition) is 1. The van der Waals surface area contributed by atoms with E-state index >= 15 is 0 Å². The number of benzene rings is 2. The Bertz CT molecular complexity index is 953. The summed E-state index contributed by atoms with van der Waals surface area (Å²) in [6.07, 6.45) is 4.87. The Morgan fingerprint density at radius 3 is 2.35 bits per heavy atom. The molecule has 0 unspecified atom stereocenters. The minimum atomic E-state index is -0.815. The van der Waals surface area contributed by atoms with Crippen LogP contribution in [-0.2, 0) is 16.1 Å². The van der Waals surface area contributed by atoms with Crippen LogP contribution >= 0.6 is 0 Å². The molecule has 1 saturated carbocycles. The van der Waals surface area contributed by atoms with Crippen LogP contribution in [0.4, 0.5) is 0 Å². The molecule has 0 radical (unpaired) electrons. The van der Waals surface area contributed by atoms with Gasteiger partial charge in [-0.1, -0.05) is 62.2 Å². The van der Waals surface area contributed by atoms with Gasteiger partial charge in [0.25, 0.3) is 0 Å². The lowest BCUT2D eigenvalue weighted by atomic mass is 9.79. The smallest absolute Gasteiger partial charge is 0.303 e. The van der Waals surface area contributed by atoms with Gasteiger partial charge in [-0.15, -0.1) is 0 Å². The van der Waals surface area contributed by atoms with Crippen molar-refractivity contribution >= 4 is 11.9 Å². The van der Waals surface area contributed by atoms with Crippen molar-refractivity contribution in [3.8, 4) is 17.2 Å². The monoisotopic (exact) mass is 418 g/mol. The molecule has 0 spiro atoms. The lowest BCUT2D eigenvalue weighted by Crippen LogP contribution is -2.36. The fourth-order valence-electron chi connectivity index (χ4n) is 4.70. The number of aliphatic carboxylic acids is 1. The van der Waals surface area contributed by atoms with Crippen LogP contribution in [0.5, 0.6) is 0 Å². The molecule has 0 aliphatic heterocycles. The van der Waals surface area contributed by atoms with Crippen LogP contribution in [0.25, 0.3) is 11.1 Å². The summed E-state index contributed by atoms with van der Waals surface area (Å²) in [6.45, 7) is 3.21. The molecule has 5 heteroatoms. The zero-order chi connectivity index (χ0) is 22.3. The molecule has 2 aromatic carbocycles. The molecule has 0 saturated heterocycles. The highest BCUT2D eigenvalue weighted by molar-refractivity contribution is 5.78. The summed E-state index contributed by atoms with van der Waals surface area (Å²) < 4.78 is 0. The van der Waals surface area contributed by atoms with E-state index in [0.29, 0.717) is 25.1 Å². The molecule has 1 aliphatic rings. The van der Waals surface area contributed by atoms with Gasteiger partial charge in [-0.2, -0.15) is 5.26 Å². The van der Waals surface area contributed by atoms with Gasteiger partial charge in [-0.25, -0.2) is 0 Å². The van der Waals surface area contributed by atoms with E-state index < -0.39 is 5.97 Å². The summed E-state index contributed by atoms with van der Waals surface area (Å²) in [5.41, 5.74) is 3.15. The van der Waals surface area contributed by atoms with Gasteiger partial charge in [0.2, 0.25) is 5.91 Å². The summed E-state index contributed by atoms with van der Waals surface area (Å²) in [4.78, 5) is 26.4. The molecule has 1 N–H and O–H groups in total. The molecule has 0 bridgehead atoms. The molecular formula is C26H30N2O3. The van der Waals surface area contributed by atoms with Gasteiger partial charge in [0.05, 0.1) is 18.1 Å². The van der Waals surface area contributed by atoms with Crippen LogP contribution < -0.4 is 0 Å². The third-order valence-corrected chi connectivity index (χ3v) is 6.25. The molecule has 0 aromatic heterocycles. The SMILES string of the molecule is CCCN(Cc1ccc(-c2ccccc2C#N)cc1)C(=O)CC1(CC(=O)O)CCCC1. The second kappa shape index (κ2) is 10.3. The first-order valence-electron chi connectivity index (χ1n) is 11.0. The zero-order valence-electron chi connectivity index (χ0n) is 18.1. The first kappa shape index (κ1) is 22.6. The van der Waals surface area contributed by atoms with E-state index in [1.54, 1.807) is 6.07 Å². The van der Waals surface area contributed by atoms with Crippen molar-refractivity contribution < 1.29 is 14.7 Å². The van der Waals surface area contributed by atoms with Crippen molar-refractivity contribution in [2.45, 2.75) is 58.4 Å². The molecule has 5 nitrogen and oxygen atoms in total. The molecule has 2 aromatic rings. The van der Waals surface area contributed by atoms with Crippen LogP contribution in [-0.4, -0.2) is 28.4 Å². The molecule has 1 aliphatic carbocycles. The summed E-state index contributed by atoms with van der Waals surface area (Å²) in [5, 5.41) is 18.7. The van der Waals surface area contributed by atoms with E-state index in [2.05, 4.69) is 6.07 Å². The average Bonchev–Trinajstić information content (AvgIpc) is 3.21. The molecule has 1 amide bonds. The Kier molecular flexibility index (Phi) is 7.46. The number of amides is 1. The topological polar surface area (TPSA) is 81.4 Å². The minimum Gasteiger partial charge on any atom is -0.481 e. The number of carboxylic acid groups (broad SMARTS) is 1. The van der Waals surface area contributed by atoms with E-state index in [1.165, 1.54) is 0 Å². The molecule has 0 heterocycles. The Morgan fingerprint density at radius 1 is 1.06 bits per heavy atom. The third-order valence-electron chi connectivity index (χ3n) is 6.25. The van der Waals surface area contributed by atoms with E-state index in [9.17, 15) is 20.0 Å². The number of hydrogen-bond acceptors (Lipinski definition) is 3. The van der Waals surface area contributed by atoms with Gasteiger partial charge < -0.3 is 10.0 Å². The summed E-state index contributed by atoms with van der Waals surface area (Å²) >= 11 is 0. The van der Waals surface area contributed by atoms with Crippen molar-refractivity contribution in [3.63, 3.8) is 0 Å². The number of nitriles is 1. The van der Waals surface area contributed by atoms with Crippen molar-refractivity contribution in [3.05, 3.63) is 59.7 Å². The molecular weight excluding hydrogens is 388 g/mol. The Balaban J connectivity index is 1.73. The number of rotatable bonds is 9. The van der Waals surface area contributed by atoms with Crippen molar-refractivity contribution in [2.24, 2.45) is 5.41 Å². The lowest BCUT2D eigenvalue weighted by molar-refractivity contribution is -0.141. The highest BCUT2D eigenvalue weighted by atomic mass is 16.4. The van der Waals surface area contributed by atoms with Gasteiger partial charge in [0.1, 0.15) is 0 Å². The number of carbonyl (C=O) groups is 2. The maximum absolute atomic E-state index is 13.1. The fraction of sp³-hybridized carbons (Fsp3) is 0.423. The Labute approximate surface area is 184 Å². The van der Waals surface area contributed by atoms with Gasteiger partial charge in [-0.3, -0.25) is 9.59 Å². The first-order chi connectivity index (χ1) is 15.0. The van der Waals surface area contributed by atoms with Crippen molar-refractivity contribution in [1.29, 1.82) is 5.26 Å². The lowest BCUT2D eigenvalue weighted by Gasteiger charge is -2.30. The van der Waals surface area contributed by atoms with Crippen LogP contribution in [0.1, 0.15) is 63.0 Å². The van der Waals surface area contributed by atoms with Gasteiger partial charge in [0, 0.05) is 19.5 Å². The van der Waals surface area contributed by atoms with Crippen molar-refractivity contribution in [1.82, 2.24) is 4.90 Å². The molecule has 0 atom stereocenters. The predicted octanol–water partition coefficient (Wildman–Crippen LogP) is 5.39. The summed E-state index contributed by atoms with van der Waals surface area (Å²) in [5.74, 6) is -0.770. The third kappa shape index (κ3) is 5.73. The molecule has 162 valence electrons. The quantitative estimate of drug-likeness (QED) is 0.592. The summed E-state index contributed by atoms with van der Waals surface area (Å²) in [7, 11) is 0. The largest absolute Gasteiger partial charge is 0.481 e. The van der Waals surface area contributed by atoms with E-state index in [0.717, 1.165) is 48.8 Å². The van der Waals surface area contributed by atoms with E-state index in [1.807, 2.05) is 54.3 Å². The maximum Gasteiger partial charge on any atom is 0.303 e. The van der Waals surface area contributed by atoms with Gasteiger partial charge in [0.15, 0.2) is 0 Å². The van der Waals surface area contributed by atoms with Crippen molar-refractivity contribution in [2.75, 3.05) is 6.54 Å². The number of carboxylic acids is 1. The molecule has 3 rings (SSSR count). The first-order valence-corrected chi connectivity index (χ1v) is 11.0. The molecule has 31 heavy (non-hydrogen) atoms. The Morgan fingerprint density at radius 2 is 1.74 bits per heavy atom. The zero-order valence-corrected chi connectivity index (χ0v) is 18.1. The maximum atomic E-state index is 13.1. The van der Waals surface area contributed by atoms with Crippen LogP contribution in [0.15, 0.2) is 48.5 Å². The van der Waals surface area contributed by atoms with Gasteiger partial charge >= 0.3 is 5.97 Å². The van der Waals surface area contributed by atoms with Gasteiger partial charge in [-0.05, 0) is 47.4 Å². The highest BCUT2D eigenvalue weighted by Gasteiger charge is 2.38. The normalized spacial score (nSPS) is 14.7. The minimum absolute atomic E-state index is 0.0453. The highest BCUT2D eigenvalue weighted by Crippen LogP contribution is 2.44. The van der Waals surface area contributed by atoms with Crippen LogP contribution in [0.3, 0.4) is 0 Å². The number of nitrogens with zero attached hydrogens (tertiary/aromatic N) is 2. The standard InChI is InChI=1S/C26H30N2O3/c1-2-15-28(24(29)16-26(17-25(30)31)13-5-6-14-26)19-20-9-11-21(12-10-20)23-8-4-3-7-22(23)18-27/h3-4,7-12H,2,5-6,13-17,19H2,1H3,(H,30,31). The van der Waals surface area contributed by atoms with E-state index in [-0.39, 0.29) is 17.7 Å². The summed E-state index contributed by atoms with van der Waals surface area (Å²) in [6, 6.07) is 17.7. The average molecular weight is 419 g/mol. The second-order valence-corrected chi connectivity index (χ2v) is 8.62. The second-order valence-electron chi connectivity index (χ2n) is 8.62. The van der Waals surface area contributed by atoms with E-state index in [4.69, 9.17) is 0 Å². The predicted molar refractivity (Wildman–Crippen MR) is 120 cm³/mol.